The molecule has 0 saturated heterocycles. The lowest BCUT2D eigenvalue weighted by Gasteiger charge is -2.14. The molecule has 0 saturated carbocycles. The van der Waals surface area contributed by atoms with Crippen LogP contribution < -0.4 is 15.8 Å². The monoisotopic (exact) mass is 284 g/mol. The normalized spacial score (nSPS) is 13.6. The molecule has 6 heteroatoms. The maximum atomic E-state index is 11.6. The molecule has 1 aromatic carbocycles. The van der Waals surface area contributed by atoms with Crippen molar-refractivity contribution >= 4 is 16.7 Å². The summed E-state index contributed by atoms with van der Waals surface area (Å²) in [4.78, 5) is 11.6. The summed E-state index contributed by atoms with van der Waals surface area (Å²) in [5.74, 6) is 0.821. The highest BCUT2D eigenvalue weighted by atomic mass is 32.2. The van der Waals surface area contributed by atoms with E-state index in [4.69, 9.17) is 10.5 Å². The third-order valence-corrected chi connectivity index (χ3v) is 3.41. The number of carbonyl (C=O) groups is 1. The fourth-order valence-electron chi connectivity index (χ4n) is 1.67. The van der Waals surface area contributed by atoms with E-state index in [-0.39, 0.29) is 18.6 Å². The van der Waals surface area contributed by atoms with Crippen molar-refractivity contribution in [1.82, 2.24) is 5.32 Å². The number of amides is 1. The van der Waals surface area contributed by atoms with E-state index in [1.165, 1.54) is 0 Å². The minimum Gasteiger partial charge on any atom is -0.483 e. The smallest absolute Gasteiger partial charge is 0.258 e. The second-order valence-corrected chi connectivity index (χ2v) is 5.79. The summed E-state index contributed by atoms with van der Waals surface area (Å²) < 4.78 is 16.4. The fourth-order valence-corrected chi connectivity index (χ4v) is 2.45. The van der Waals surface area contributed by atoms with Crippen molar-refractivity contribution in [2.45, 2.75) is 19.5 Å². The number of carbonyl (C=O) groups excluding carboxylic acids is 1. The molecule has 1 aromatic rings. The van der Waals surface area contributed by atoms with Crippen LogP contribution in [0.1, 0.15) is 12.5 Å². The van der Waals surface area contributed by atoms with Crippen LogP contribution in [-0.4, -0.2) is 34.8 Å². The maximum absolute atomic E-state index is 11.6. The zero-order valence-electron chi connectivity index (χ0n) is 11.2. The number of para-hydroxylation sites is 1. The van der Waals surface area contributed by atoms with Crippen LogP contribution in [0.2, 0.25) is 0 Å². The molecule has 0 aliphatic carbocycles. The molecule has 0 aliphatic heterocycles. The Balaban J connectivity index is 2.43. The first-order chi connectivity index (χ1) is 9.02. The van der Waals surface area contributed by atoms with Crippen molar-refractivity contribution in [3.05, 3.63) is 29.8 Å². The van der Waals surface area contributed by atoms with Crippen LogP contribution in [0.3, 0.4) is 0 Å². The molecule has 1 amide bonds. The lowest BCUT2D eigenvalue weighted by Crippen LogP contribution is -2.39. The predicted molar refractivity (Wildman–Crippen MR) is 76.4 cm³/mol. The van der Waals surface area contributed by atoms with Crippen molar-refractivity contribution in [2.75, 3.05) is 18.6 Å². The summed E-state index contributed by atoms with van der Waals surface area (Å²) in [6.07, 6.45) is 1.61. The van der Waals surface area contributed by atoms with Gasteiger partial charge in [0.05, 0.1) is 0 Å². The van der Waals surface area contributed by atoms with Crippen molar-refractivity contribution in [2.24, 2.45) is 5.73 Å². The van der Waals surface area contributed by atoms with Gasteiger partial charge in [-0.1, -0.05) is 18.2 Å². The van der Waals surface area contributed by atoms with Crippen LogP contribution >= 0.6 is 0 Å². The highest BCUT2D eigenvalue weighted by Crippen LogP contribution is 2.16. The number of hydrogen-bond acceptors (Lipinski definition) is 4. The van der Waals surface area contributed by atoms with Crippen LogP contribution in [0.5, 0.6) is 5.75 Å². The average molecular weight is 284 g/mol. The molecular formula is C13H20N2O3S. The quantitative estimate of drug-likeness (QED) is 0.760. The van der Waals surface area contributed by atoms with Gasteiger partial charge in [-0.2, -0.15) is 0 Å². The van der Waals surface area contributed by atoms with E-state index in [1.807, 2.05) is 25.1 Å². The average Bonchev–Trinajstić information content (AvgIpc) is 2.35. The lowest BCUT2D eigenvalue weighted by molar-refractivity contribution is -0.123. The van der Waals surface area contributed by atoms with E-state index in [2.05, 4.69) is 5.32 Å². The second-order valence-electron chi connectivity index (χ2n) is 4.31. The summed E-state index contributed by atoms with van der Waals surface area (Å²) in [5, 5.41) is 2.73. The van der Waals surface area contributed by atoms with E-state index < -0.39 is 10.8 Å². The summed E-state index contributed by atoms with van der Waals surface area (Å²) in [6, 6.07) is 7.20. The van der Waals surface area contributed by atoms with Gasteiger partial charge in [0.1, 0.15) is 5.75 Å². The Labute approximate surface area is 116 Å². The number of nitrogens with one attached hydrogen (secondary N) is 1. The lowest BCUT2D eigenvalue weighted by atomic mass is 10.2. The third-order valence-electron chi connectivity index (χ3n) is 2.44. The maximum Gasteiger partial charge on any atom is 0.258 e. The van der Waals surface area contributed by atoms with Crippen molar-refractivity contribution < 1.29 is 13.7 Å². The topological polar surface area (TPSA) is 81.4 Å². The molecule has 0 spiro atoms. The van der Waals surface area contributed by atoms with E-state index in [1.54, 1.807) is 12.3 Å². The van der Waals surface area contributed by atoms with E-state index in [0.29, 0.717) is 18.0 Å². The Bertz CT molecular complexity index is 451. The molecule has 0 heterocycles. The Morgan fingerprint density at radius 1 is 1.47 bits per heavy atom. The van der Waals surface area contributed by atoms with Gasteiger partial charge in [0.25, 0.3) is 5.91 Å². The van der Waals surface area contributed by atoms with Crippen LogP contribution in [0, 0.1) is 0 Å². The first-order valence-electron chi connectivity index (χ1n) is 6.03. The number of benzene rings is 1. The standard InChI is InChI=1S/C13H20N2O3S/c1-10(9-19(2)17)15-13(16)8-18-12-6-4-3-5-11(12)7-14/h3-6,10H,7-9,14H2,1-2H3,(H,15,16). The van der Waals surface area contributed by atoms with Crippen molar-refractivity contribution in [3.63, 3.8) is 0 Å². The first-order valence-corrected chi connectivity index (χ1v) is 7.75. The van der Waals surface area contributed by atoms with Gasteiger partial charge < -0.3 is 15.8 Å². The van der Waals surface area contributed by atoms with Gasteiger partial charge in [-0.3, -0.25) is 9.00 Å². The van der Waals surface area contributed by atoms with Gasteiger partial charge in [0, 0.05) is 41.0 Å². The number of hydrogen-bond donors (Lipinski definition) is 2. The summed E-state index contributed by atoms with van der Waals surface area (Å²) in [7, 11) is -0.929. The molecule has 0 aromatic heterocycles. The van der Waals surface area contributed by atoms with Crippen LogP contribution in [-0.2, 0) is 22.1 Å². The summed E-state index contributed by atoms with van der Waals surface area (Å²) >= 11 is 0. The van der Waals surface area contributed by atoms with Crippen LogP contribution in [0.15, 0.2) is 24.3 Å². The number of nitrogens with two attached hydrogens (primary N) is 1. The van der Waals surface area contributed by atoms with E-state index >= 15 is 0 Å². The van der Waals surface area contributed by atoms with Gasteiger partial charge in [-0.25, -0.2) is 0 Å². The molecule has 0 fully saturated rings. The molecule has 2 atom stereocenters. The second kappa shape index (κ2) is 7.91. The molecule has 2 unspecified atom stereocenters. The van der Waals surface area contributed by atoms with Crippen LogP contribution in [0.25, 0.3) is 0 Å². The number of rotatable bonds is 7. The third kappa shape index (κ3) is 5.85. The zero-order valence-corrected chi connectivity index (χ0v) is 12.0. The Hall–Kier alpha value is -1.40. The zero-order chi connectivity index (χ0) is 14.3. The Morgan fingerprint density at radius 2 is 2.16 bits per heavy atom. The Morgan fingerprint density at radius 3 is 2.79 bits per heavy atom. The van der Waals surface area contributed by atoms with Crippen molar-refractivity contribution in [1.29, 1.82) is 0 Å². The molecule has 19 heavy (non-hydrogen) atoms. The number of ether oxygens (including phenoxy) is 1. The van der Waals surface area contributed by atoms with E-state index in [0.717, 1.165) is 5.56 Å². The highest BCUT2D eigenvalue weighted by molar-refractivity contribution is 7.84. The van der Waals surface area contributed by atoms with Gasteiger partial charge in [0.15, 0.2) is 6.61 Å². The fraction of sp³-hybridized carbons (Fsp3) is 0.462. The first kappa shape index (κ1) is 15.7. The molecule has 0 bridgehead atoms. The SMILES string of the molecule is CC(CS(C)=O)NC(=O)COc1ccccc1CN. The van der Waals surface area contributed by atoms with Gasteiger partial charge in [-0.15, -0.1) is 0 Å². The molecule has 3 N–H and O–H groups in total. The Kier molecular flexibility index (Phi) is 6.52. The molecule has 0 radical (unpaired) electrons. The molecule has 5 nitrogen and oxygen atoms in total. The largest absolute Gasteiger partial charge is 0.483 e. The van der Waals surface area contributed by atoms with Gasteiger partial charge in [-0.05, 0) is 13.0 Å². The van der Waals surface area contributed by atoms with Crippen molar-refractivity contribution in [3.8, 4) is 5.75 Å². The van der Waals surface area contributed by atoms with Gasteiger partial charge in [0.2, 0.25) is 0 Å². The summed E-state index contributed by atoms with van der Waals surface area (Å²) in [5.41, 5.74) is 6.44. The summed E-state index contributed by atoms with van der Waals surface area (Å²) in [6.45, 7) is 2.11. The highest BCUT2D eigenvalue weighted by Gasteiger charge is 2.10. The predicted octanol–water partition coefficient (Wildman–Crippen LogP) is 0.407. The minimum atomic E-state index is -0.929. The molecular weight excluding hydrogens is 264 g/mol. The molecule has 106 valence electrons. The van der Waals surface area contributed by atoms with Crippen LogP contribution in [0.4, 0.5) is 0 Å². The van der Waals surface area contributed by atoms with Gasteiger partial charge >= 0.3 is 0 Å². The minimum absolute atomic E-state index is 0.0717. The molecule has 0 aliphatic rings. The molecule has 1 rings (SSSR count). The van der Waals surface area contributed by atoms with E-state index in [9.17, 15) is 9.00 Å².